The predicted octanol–water partition coefficient (Wildman–Crippen LogP) is 2.53. The molecule has 0 aliphatic rings. The van der Waals surface area contributed by atoms with Gasteiger partial charge in [-0.25, -0.2) is 0 Å². The van der Waals surface area contributed by atoms with Gasteiger partial charge in [-0.2, -0.15) is 0 Å². The maximum Gasteiger partial charge on any atom is 0.303 e. The zero-order valence-electron chi connectivity index (χ0n) is 11.1. The van der Waals surface area contributed by atoms with Gasteiger partial charge in [-0.3, -0.25) is 9.59 Å². The lowest BCUT2D eigenvalue weighted by Crippen LogP contribution is -2.30. The number of aryl methyl sites for hydroxylation is 1. The van der Waals surface area contributed by atoms with Gasteiger partial charge in [-0.05, 0) is 36.1 Å². The van der Waals surface area contributed by atoms with Crippen LogP contribution >= 0.6 is 15.9 Å². The second-order valence-electron chi connectivity index (χ2n) is 4.75. The van der Waals surface area contributed by atoms with Crippen molar-refractivity contribution in [3.05, 3.63) is 33.8 Å². The van der Waals surface area contributed by atoms with E-state index in [-0.39, 0.29) is 18.2 Å². The van der Waals surface area contributed by atoms with Crippen molar-refractivity contribution in [2.75, 3.05) is 6.54 Å². The molecule has 104 valence electrons. The van der Waals surface area contributed by atoms with Crippen LogP contribution in [0.4, 0.5) is 0 Å². The van der Waals surface area contributed by atoms with Crippen molar-refractivity contribution in [3.8, 4) is 0 Å². The van der Waals surface area contributed by atoms with E-state index >= 15 is 0 Å². The topological polar surface area (TPSA) is 66.4 Å². The molecular weight excluding hydrogens is 310 g/mol. The Labute approximate surface area is 121 Å². The lowest BCUT2D eigenvalue weighted by molar-refractivity contribution is -0.138. The molecule has 0 aliphatic heterocycles. The van der Waals surface area contributed by atoms with Crippen molar-refractivity contribution in [1.82, 2.24) is 5.32 Å². The largest absolute Gasteiger partial charge is 0.481 e. The molecule has 1 unspecified atom stereocenters. The Balaban J connectivity index is 2.45. The maximum atomic E-state index is 11.8. The summed E-state index contributed by atoms with van der Waals surface area (Å²) in [6.07, 6.45) is 0.385. The average molecular weight is 328 g/mol. The molecule has 0 saturated heterocycles. The maximum absolute atomic E-state index is 11.8. The van der Waals surface area contributed by atoms with Gasteiger partial charge in [-0.15, -0.1) is 0 Å². The number of aliphatic carboxylic acids is 1. The van der Waals surface area contributed by atoms with Crippen LogP contribution in [-0.4, -0.2) is 23.5 Å². The molecule has 2 N–H and O–H groups in total. The number of amides is 1. The van der Waals surface area contributed by atoms with Crippen molar-refractivity contribution >= 4 is 27.8 Å². The first-order chi connectivity index (χ1) is 8.88. The smallest absolute Gasteiger partial charge is 0.303 e. The first kappa shape index (κ1) is 15.7. The molecule has 5 heteroatoms. The van der Waals surface area contributed by atoms with E-state index in [2.05, 4.69) is 21.2 Å². The molecule has 1 aromatic rings. The number of carbonyl (C=O) groups excluding carboxylic acids is 1. The van der Waals surface area contributed by atoms with E-state index in [4.69, 9.17) is 5.11 Å². The van der Waals surface area contributed by atoms with Crippen LogP contribution in [0.3, 0.4) is 0 Å². The van der Waals surface area contributed by atoms with E-state index in [1.807, 2.05) is 25.1 Å². The summed E-state index contributed by atoms with van der Waals surface area (Å²) in [5, 5.41) is 11.4. The number of halogens is 1. The third-order valence-corrected chi connectivity index (χ3v) is 3.32. The highest BCUT2D eigenvalue weighted by molar-refractivity contribution is 9.10. The molecule has 0 bridgehead atoms. The van der Waals surface area contributed by atoms with E-state index in [1.165, 1.54) is 0 Å². The molecular formula is C14H18BrNO3. The fraction of sp³-hybridized carbons (Fsp3) is 0.429. The van der Waals surface area contributed by atoms with Crippen LogP contribution in [0, 0.1) is 12.8 Å². The molecule has 0 aromatic heterocycles. The van der Waals surface area contributed by atoms with Crippen molar-refractivity contribution in [1.29, 1.82) is 0 Å². The number of hydrogen-bond acceptors (Lipinski definition) is 2. The van der Waals surface area contributed by atoms with Crippen LogP contribution in [0.25, 0.3) is 0 Å². The third-order valence-electron chi connectivity index (χ3n) is 2.83. The van der Waals surface area contributed by atoms with Gasteiger partial charge in [0.2, 0.25) is 5.91 Å². The monoisotopic (exact) mass is 327 g/mol. The quantitative estimate of drug-likeness (QED) is 0.843. The molecule has 1 rings (SSSR count). The van der Waals surface area contributed by atoms with E-state index < -0.39 is 5.97 Å². The van der Waals surface area contributed by atoms with Crippen LogP contribution < -0.4 is 5.32 Å². The minimum absolute atomic E-state index is 0.0625. The van der Waals surface area contributed by atoms with E-state index in [0.717, 1.165) is 15.6 Å². The highest BCUT2D eigenvalue weighted by atomic mass is 79.9. The Kier molecular flexibility index (Phi) is 6.02. The van der Waals surface area contributed by atoms with Gasteiger partial charge >= 0.3 is 5.97 Å². The van der Waals surface area contributed by atoms with Gasteiger partial charge < -0.3 is 10.4 Å². The second-order valence-corrected chi connectivity index (χ2v) is 5.67. The summed E-state index contributed by atoms with van der Waals surface area (Å²) in [4.78, 5) is 22.3. The SMILES string of the molecule is Cc1cc(Br)ccc1CC(=O)NCC(C)CC(=O)O. The number of rotatable bonds is 6. The first-order valence-electron chi connectivity index (χ1n) is 6.12. The minimum Gasteiger partial charge on any atom is -0.481 e. The Morgan fingerprint density at radius 2 is 2.11 bits per heavy atom. The molecule has 4 nitrogen and oxygen atoms in total. The van der Waals surface area contributed by atoms with Gasteiger partial charge in [-0.1, -0.05) is 28.9 Å². The standard InChI is InChI=1S/C14H18BrNO3/c1-9(5-14(18)19)8-16-13(17)7-11-3-4-12(15)6-10(11)2/h3-4,6,9H,5,7-8H2,1-2H3,(H,16,17)(H,18,19). The van der Waals surface area contributed by atoms with Gasteiger partial charge in [0.1, 0.15) is 0 Å². The summed E-state index contributed by atoms with van der Waals surface area (Å²) in [6, 6.07) is 5.79. The average Bonchev–Trinajstić information content (AvgIpc) is 2.29. The summed E-state index contributed by atoms with van der Waals surface area (Å²) in [6.45, 7) is 4.15. The van der Waals surface area contributed by atoms with Gasteiger partial charge in [0, 0.05) is 17.4 Å². The normalized spacial score (nSPS) is 11.9. The number of carbonyl (C=O) groups is 2. The number of carboxylic acids is 1. The minimum atomic E-state index is -0.842. The molecule has 0 radical (unpaired) electrons. The van der Waals surface area contributed by atoms with Crippen LogP contribution in [0.1, 0.15) is 24.5 Å². The summed E-state index contributed by atoms with van der Waals surface area (Å²) in [5.74, 6) is -0.986. The van der Waals surface area contributed by atoms with Crippen molar-refractivity contribution in [3.63, 3.8) is 0 Å². The molecule has 0 fully saturated rings. The summed E-state index contributed by atoms with van der Waals surface area (Å²) < 4.78 is 0.990. The zero-order valence-corrected chi connectivity index (χ0v) is 12.7. The summed E-state index contributed by atoms with van der Waals surface area (Å²) >= 11 is 3.38. The Morgan fingerprint density at radius 1 is 1.42 bits per heavy atom. The van der Waals surface area contributed by atoms with Crippen molar-refractivity contribution < 1.29 is 14.7 Å². The van der Waals surface area contributed by atoms with E-state index in [0.29, 0.717) is 13.0 Å². The Morgan fingerprint density at radius 3 is 2.68 bits per heavy atom. The number of benzene rings is 1. The van der Waals surface area contributed by atoms with E-state index in [9.17, 15) is 9.59 Å². The molecule has 1 amide bonds. The number of carboxylic acid groups (broad SMARTS) is 1. The molecule has 1 aromatic carbocycles. The summed E-state index contributed by atoms with van der Waals surface area (Å²) in [5.41, 5.74) is 2.04. The molecule has 0 spiro atoms. The van der Waals surface area contributed by atoms with Crippen LogP contribution in [0.5, 0.6) is 0 Å². The van der Waals surface area contributed by atoms with Crippen LogP contribution in [0.2, 0.25) is 0 Å². The predicted molar refractivity (Wildman–Crippen MR) is 77.0 cm³/mol. The number of nitrogens with one attached hydrogen (secondary N) is 1. The van der Waals surface area contributed by atoms with E-state index in [1.54, 1.807) is 6.92 Å². The number of hydrogen-bond donors (Lipinski definition) is 2. The highest BCUT2D eigenvalue weighted by Crippen LogP contribution is 2.16. The van der Waals surface area contributed by atoms with Crippen LogP contribution in [-0.2, 0) is 16.0 Å². The lowest BCUT2D eigenvalue weighted by atomic mass is 10.1. The Bertz CT molecular complexity index is 474. The van der Waals surface area contributed by atoms with Crippen LogP contribution in [0.15, 0.2) is 22.7 Å². The molecule has 0 saturated carbocycles. The fourth-order valence-electron chi connectivity index (χ4n) is 1.75. The highest BCUT2D eigenvalue weighted by Gasteiger charge is 2.10. The molecule has 19 heavy (non-hydrogen) atoms. The van der Waals surface area contributed by atoms with Gasteiger partial charge in [0.15, 0.2) is 0 Å². The lowest BCUT2D eigenvalue weighted by Gasteiger charge is -2.11. The molecule has 1 atom stereocenters. The molecule has 0 heterocycles. The van der Waals surface area contributed by atoms with Crippen molar-refractivity contribution in [2.45, 2.75) is 26.7 Å². The summed E-state index contributed by atoms with van der Waals surface area (Å²) in [7, 11) is 0. The van der Waals surface area contributed by atoms with Gasteiger partial charge in [0.25, 0.3) is 0 Å². The first-order valence-corrected chi connectivity index (χ1v) is 6.91. The van der Waals surface area contributed by atoms with Gasteiger partial charge in [0.05, 0.1) is 6.42 Å². The third kappa shape index (κ3) is 5.87. The zero-order chi connectivity index (χ0) is 14.4. The fourth-order valence-corrected chi connectivity index (χ4v) is 2.23. The van der Waals surface area contributed by atoms with Crippen molar-refractivity contribution in [2.24, 2.45) is 5.92 Å². The molecule has 0 aliphatic carbocycles. The second kappa shape index (κ2) is 7.28. The Hall–Kier alpha value is -1.36.